The minimum Gasteiger partial charge on any atom is -0.508 e. The summed E-state index contributed by atoms with van der Waals surface area (Å²) in [5, 5.41) is 21.8. The van der Waals surface area contributed by atoms with Crippen molar-refractivity contribution in [1.82, 2.24) is 9.55 Å². The molecule has 0 aliphatic rings. The maximum Gasteiger partial charge on any atom is 0.141 e. The zero-order chi connectivity index (χ0) is 17.4. The van der Waals surface area contributed by atoms with Gasteiger partial charge in [0.15, 0.2) is 0 Å². The van der Waals surface area contributed by atoms with Gasteiger partial charge in [0, 0.05) is 23.1 Å². The third kappa shape index (κ3) is 2.98. The largest absolute Gasteiger partial charge is 0.508 e. The molecule has 2 aromatic heterocycles. The quantitative estimate of drug-likeness (QED) is 0.559. The van der Waals surface area contributed by atoms with Crippen LogP contribution in [0.2, 0.25) is 0 Å². The van der Waals surface area contributed by atoms with Gasteiger partial charge in [-0.1, -0.05) is 6.07 Å². The third-order valence-electron chi connectivity index (χ3n) is 4.35. The molecular formula is C20H18N2O2S. The van der Waals surface area contributed by atoms with E-state index in [-0.39, 0.29) is 11.5 Å². The first kappa shape index (κ1) is 15.7. The lowest BCUT2D eigenvalue weighted by Gasteiger charge is -2.10. The molecule has 126 valence electrons. The van der Waals surface area contributed by atoms with E-state index in [4.69, 9.17) is 4.98 Å². The predicted octanol–water partition coefficient (Wildman–Crippen LogP) is 4.73. The monoisotopic (exact) mass is 350 g/mol. The second-order valence-electron chi connectivity index (χ2n) is 6.09. The fraction of sp³-hybridized carbons (Fsp3) is 0.150. The normalized spacial score (nSPS) is 11.2. The topological polar surface area (TPSA) is 58.3 Å². The van der Waals surface area contributed by atoms with Crippen LogP contribution in [0.15, 0.2) is 53.9 Å². The number of fused-ring (bicyclic) bond motifs is 1. The molecular weight excluding hydrogens is 332 g/mol. The molecule has 0 atom stereocenters. The smallest absolute Gasteiger partial charge is 0.141 e. The van der Waals surface area contributed by atoms with Crippen molar-refractivity contribution in [3.05, 3.63) is 64.4 Å². The molecule has 0 aliphatic heterocycles. The van der Waals surface area contributed by atoms with Gasteiger partial charge in [-0.2, -0.15) is 0 Å². The molecule has 4 nitrogen and oxygen atoms in total. The maximum absolute atomic E-state index is 9.90. The number of hydrogen-bond acceptors (Lipinski definition) is 4. The number of phenolic OH excluding ortho intramolecular Hbond substituents is 2. The number of aryl methyl sites for hydroxylation is 3. The van der Waals surface area contributed by atoms with E-state index >= 15 is 0 Å². The predicted molar refractivity (Wildman–Crippen MR) is 101 cm³/mol. The van der Waals surface area contributed by atoms with Gasteiger partial charge in [-0.05, 0) is 60.7 Å². The molecule has 0 saturated carbocycles. The lowest BCUT2D eigenvalue weighted by molar-refractivity contribution is 0.471. The molecule has 25 heavy (non-hydrogen) atoms. The summed E-state index contributed by atoms with van der Waals surface area (Å²) in [6, 6.07) is 15.0. The van der Waals surface area contributed by atoms with Crippen LogP contribution in [0.4, 0.5) is 0 Å². The van der Waals surface area contributed by atoms with E-state index in [1.165, 1.54) is 4.88 Å². The molecule has 0 unspecified atom stereocenters. The van der Waals surface area contributed by atoms with Crippen LogP contribution >= 0.6 is 11.3 Å². The fourth-order valence-corrected chi connectivity index (χ4v) is 3.73. The Morgan fingerprint density at radius 1 is 1.08 bits per heavy atom. The van der Waals surface area contributed by atoms with E-state index in [0.717, 1.165) is 41.0 Å². The number of aromatic nitrogens is 2. The molecule has 0 fully saturated rings. The van der Waals surface area contributed by atoms with E-state index in [2.05, 4.69) is 22.1 Å². The molecule has 2 aromatic carbocycles. The lowest BCUT2D eigenvalue weighted by Crippen LogP contribution is -2.03. The number of benzene rings is 2. The Morgan fingerprint density at radius 3 is 2.72 bits per heavy atom. The Kier molecular flexibility index (Phi) is 3.93. The van der Waals surface area contributed by atoms with Crippen LogP contribution in [0.1, 0.15) is 10.4 Å². The second-order valence-corrected chi connectivity index (χ2v) is 7.12. The Balaban J connectivity index is 1.84. The Morgan fingerprint density at radius 2 is 1.96 bits per heavy atom. The summed E-state index contributed by atoms with van der Waals surface area (Å²) >= 11 is 1.74. The average Bonchev–Trinajstić information content (AvgIpc) is 3.23. The minimum absolute atomic E-state index is 0.234. The summed E-state index contributed by atoms with van der Waals surface area (Å²) in [5.74, 6) is 1.36. The van der Waals surface area contributed by atoms with Gasteiger partial charge < -0.3 is 14.8 Å². The summed E-state index contributed by atoms with van der Waals surface area (Å²) in [6.45, 7) is 2.65. The highest BCUT2D eigenvalue weighted by Gasteiger charge is 2.14. The van der Waals surface area contributed by atoms with Crippen molar-refractivity contribution in [2.45, 2.75) is 19.9 Å². The van der Waals surface area contributed by atoms with Crippen molar-refractivity contribution >= 4 is 22.4 Å². The van der Waals surface area contributed by atoms with E-state index in [1.807, 2.05) is 25.1 Å². The van der Waals surface area contributed by atoms with Gasteiger partial charge in [-0.25, -0.2) is 4.98 Å². The molecule has 0 spiro atoms. The van der Waals surface area contributed by atoms with E-state index in [9.17, 15) is 10.2 Å². The summed E-state index contributed by atoms with van der Waals surface area (Å²) in [6.07, 6.45) is 0.906. The first-order chi connectivity index (χ1) is 12.1. The van der Waals surface area contributed by atoms with Gasteiger partial charge in [0.2, 0.25) is 0 Å². The summed E-state index contributed by atoms with van der Waals surface area (Å²) in [4.78, 5) is 6.08. The molecule has 0 radical (unpaired) electrons. The van der Waals surface area contributed by atoms with Crippen LogP contribution in [0.3, 0.4) is 0 Å². The van der Waals surface area contributed by atoms with Crippen LogP contribution in [-0.4, -0.2) is 19.8 Å². The average molecular weight is 350 g/mol. The molecule has 5 heteroatoms. The highest BCUT2D eigenvalue weighted by Crippen LogP contribution is 2.30. The lowest BCUT2D eigenvalue weighted by atomic mass is 10.1. The third-order valence-corrected chi connectivity index (χ3v) is 5.28. The summed E-state index contributed by atoms with van der Waals surface area (Å²) in [5.41, 5.74) is 3.54. The Labute approximate surface area is 149 Å². The highest BCUT2D eigenvalue weighted by molar-refractivity contribution is 7.09. The molecule has 2 heterocycles. The van der Waals surface area contributed by atoms with E-state index < -0.39 is 0 Å². The number of aromatic hydroxyl groups is 2. The second kappa shape index (κ2) is 6.26. The van der Waals surface area contributed by atoms with Crippen LogP contribution in [-0.2, 0) is 13.0 Å². The van der Waals surface area contributed by atoms with Crippen LogP contribution in [0.25, 0.3) is 22.4 Å². The van der Waals surface area contributed by atoms with Gasteiger partial charge in [0.25, 0.3) is 0 Å². The number of imidazole rings is 1. The van der Waals surface area contributed by atoms with Gasteiger partial charge >= 0.3 is 0 Å². The Hall–Kier alpha value is -2.79. The first-order valence-electron chi connectivity index (χ1n) is 8.13. The van der Waals surface area contributed by atoms with Crippen molar-refractivity contribution in [3.63, 3.8) is 0 Å². The van der Waals surface area contributed by atoms with Crippen LogP contribution in [0.5, 0.6) is 11.5 Å². The fourth-order valence-electron chi connectivity index (χ4n) is 3.03. The molecule has 0 saturated heterocycles. The summed E-state index contributed by atoms with van der Waals surface area (Å²) in [7, 11) is 0. The van der Waals surface area contributed by atoms with Gasteiger partial charge in [0.1, 0.15) is 17.3 Å². The zero-order valence-electron chi connectivity index (χ0n) is 13.8. The van der Waals surface area contributed by atoms with Crippen LogP contribution < -0.4 is 0 Å². The summed E-state index contributed by atoms with van der Waals surface area (Å²) < 4.78 is 2.14. The Bertz CT molecular complexity index is 1040. The molecule has 2 N–H and O–H groups in total. The van der Waals surface area contributed by atoms with E-state index in [1.54, 1.807) is 29.5 Å². The van der Waals surface area contributed by atoms with Crippen molar-refractivity contribution in [2.24, 2.45) is 0 Å². The van der Waals surface area contributed by atoms with Crippen molar-refractivity contribution in [3.8, 4) is 22.9 Å². The van der Waals surface area contributed by atoms with Crippen molar-refractivity contribution in [2.75, 3.05) is 0 Å². The molecule has 4 aromatic rings. The first-order valence-corrected chi connectivity index (χ1v) is 9.01. The highest BCUT2D eigenvalue weighted by atomic mass is 32.1. The van der Waals surface area contributed by atoms with Gasteiger partial charge in [0.05, 0.1) is 11.0 Å². The number of phenols is 2. The molecule has 0 amide bonds. The number of nitrogens with zero attached hydrogens (tertiary/aromatic N) is 2. The van der Waals surface area contributed by atoms with Crippen LogP contribution in [0, 0.1) is 6.92 Å². The van der Waals surface area contributed by atoms with E-state index in [0.29, 0.717) is 0 Å². The van der Waals surface area contributed by atoms with Crippen molar-refractivity contribution < 1.29 is 10.2 Å². The SMILES string of the molecule is Cc1cc(-c2nc3ccc(O)cc3n2CCc2cccs2)ccc1O. The van der Waals surface area contributed by atoms with Gasteiger partial charge in [-0.3, -0.25) is 0 Å². The zero-order valence-corrected chi connectivity index (χ0v) is 14.6. The minimum atomic E-state index is 0.234. The number of thiophene rings is 1. The molecule has 0 bridgehead atoms. The standard InChI is InChI=1S/C20H18N2O2S/c1-13-11-14(4-7-19(13)24)20-21-17-6-5-15(23)12-18(17)22(20)9-8-16-3-2-10-25-16/h2-7,10-12,23-24H,8-9H2,1H3. The maximum atomic E-state index is 9.90. The molecule has 4 rings (SSSR count). The number of rotatable bonds is 4. The number of hydrogen-bond donors (Lipinski definition) is 2. The van der Waals surface area contributed by atoms with Gasteiger partial charge in [-0.15, -0.1) is 11.3 Å². The van der Waals surface area contributed by atoms with Crippen molar-refractivity contribution in [1.29, 1.82) is 0 Å². The molecule has 0 aliphatic carbocycles.